The van der Waals surface area contributed by atoms with E-state index in [1.54, 1.807) is 0 Å². The molecule has 1 aromatic rings. The molecule has 0 saturated carbocycles. The molecule has 134 valence electrons. The Hall–Kier alpha value is -1.75. The molecular weight excluding hydrogens is 302 g/mol. The summed E-state index contributed by atoms with van der Waals surface area (Å²) in [6.07, 6.45) is 5.00. The van der Waals surface area contributed by atoms with Crippen molar-refractivity contribution < 1.29 is 9.53 Å². The summed E-state index contributed by atoms with van der Waals surface area (Å²) < 4.78 is 5.80. The fourth-order valence-corrected chi connectivity index (χ4v) is 3.15. The third-order valence-corrected chi connectivity index (χ3v) is 4.23. The zero-order valence-electron chi connectivity index (χ0n) is 15.2. The molecule has 1 fully saturated rings. The van der Waals surface area contributed by atoms with E-state index in [1.807, 2.05) is 18.2 Å². The Balaban J connectivity index is 1.92. The van der Waals surface area contributed by atoms with Gasteiger partial charge in [-0.15, -0.1) is 0 Å². The van der Waals surface area contributed by atoms with Crippen LogP contribution in [0.15, 0.2) is 24.3 Å². The first kappa shape index (κ1) is 18.6. The van der Waals surface area contributed by atoms with Gasteiger partial charge in [0.15, 0.2) is 0 Å². The molecule has 5 nitrogen and oxygen atoms in total. The number of nitrogens with one attached hydrogen (secondary N) is 2. The fraction of sp³-hybridized carbons (Fsp3) is 0.632. The van der Waals surface area contributed by atoms with E-state index in [1.165, 1.54) is 12.8 Å². The lowest BCUT2D eigenvalue weighted by Crippen LogP contribution is -2.45. The number of ether oxygens (including phenoxy) is 1. The SMILES string of the molecule is CCCCCCNC(=O)Nc1ccccc1N1CC(C)OC(C)C1. The standard InChI is InChI=1S/C19H31N3O2/c1-4-5-6-9-12-20-19(23)21-17-10-7-8-11-18(17)22-13-15(2)24-16(3)14-22/h7-8,10-11,15-16H,4-6,9,12-14H2,1-3H3,(H2,20,21,23). The summed E-state index contributed by atoms with van der Waals surface area (Å²) in [5, 5.41) is 5.94. The number of para-hydroxylation sites is 2. The number of amides is 2. The van der Waals surface area contributed by atoms with Crippen LogP contribution >= 0.6 is 0 Å². The van der Waals surface area contributed by atoms with Gasteiger partial charge in [-0.2, -0.15) is 0 Å². The summed E-state index contributed by atoms with van der Waals surface area (Å²) in [6.45, 7) is 8.75. The van der Waals surface area contributed by atoms with Crippen LogP contribution in [0, 0.1) is 0 Å². The van der Waals surface area contributed by atoms with Crippen molar-refractivity contribution in [1.82, 2.24) is 5.32 Å². The number of nitrogens with zero attached hydrogens (tertiary/aromatic N) is 1. The van der Waals surface area contributed by atoms with Crippen LogP contribution < -0.4 is 15.5 Å². The van der Waals surface area contributed by atoms with Gasteiger partial charge in [-0.25, -0.2) is 4.79 Å². The van der Waals surface area contributed by atoms with Crippen molar-refractivity contribution >= 4 is 17.4 Å². The maximum absolute atomic E-state index is 12.1. The molecule has 5 heteroatoms. The third kappa shape index (κ3) is 5.71. The van der Waals surface area contributed by atoms with Crippen LogP contribution in [0.25, 0.3) is 0 Å². The molecule has 0 aliphatic carbocycles. The Kier molecular flexibility index (Phi) is 7.37. The molecule has 0 radical (unpaired) electrons. The summed E-state index contributed by atoms with van der Waals surface area (Å²) in [7, 11) is 0. The van der Waals surface area contributed by atoms with Crippen molar-refractivity contribution in [1.29, 1.82) is 0 Å². The minimum absolute atomic E-state index is 0.131. The molecule has 2 N–H and O–H groups in total. The number of hydrogen-bond donors (Lipinski definition) is 2. The van der Waals surface area contributed by atoms with E-state index < -0.39 is 0 Å². The van der Waals surface area contributed by atoms with E-state index in [-0.39, 0.29) is 18.2 Å². The Morgan fingerprint density at radius 3 is 2.58 bits per heavy atom. The predicted octanol–water partition coefficient (Wildman–Crippen LogP) is 4.00. The number of unbranched alkanes of at least 4 members (excludes halogenated alkanes) is 3. The topological polar surface area (TPSA) is 53.6 Å². The number of morpholine rings is 1. The summed E-state index contributed by atoms with van der Waals surface area (Å²) in [4.78, 5) is 14.4. The lowest BCUT2D eigenvalue weighted by molar-refractivity contribution is -0.00517. The van der Waals surface area contributed by atoms with E-state index in [9.17, 15) is 4.79 Å². The zero-order chi connectivity index (χ0) is 17.4. The highest BCUT2D eigenvalue weighted by Gasteiger charge is 2.24. The van der Waals surface area contributed by atoms with Gasteiger partial charge < -0.3 is 20.3 Å². The van der Waals surface area contributed by atoms with Crippen LogP contribution in [0.5, 0.6) is 0 Å². The van der Waals surface area contributed by atoms with Crippen LogP contribution in [0.4, 0.5) is 16.2 Å². The smallest absolute Gasteiger partial charge is 0.319 e. The molecule has 0 bridgehead atoms. The second kappa shape index (κ2) is 9.52. The van der Waals surface area contributed by atoms with E-state index in [0.29, 0.717) is 0 Å². The number of carbonyl (C=O) groups is 1. The second-order valence-electron chi connectivity index (χ2n) is 6.62. The highest BCUT2D eigenvalue weighted by Crippen LogP contribution is 2.28. The number of hydrogen-bond acceptors (Lipinski definition) is 3. The van der Waals surface area contributed by atoms with E-state index in [2.05, 4.69) is 42.4 Å². The maximum atomic E-state index is 12.1. The summed E-state index contributed by atoms with van der Waals surface area (Å²) in [5.74, 6) is 0. The number of anilines is 2. The van der Waals surface area contributed by atoms with Crippen molar-refractivity contribution in [2.24, 2.45) is 0 Å². The maximum Gasteiger partial charge on any atom is 0.319 e. The molecular formula is C19H31N3O2. The van der Waals surface area contributed by atoms with E-state index in [4.69, 9.17) is 4.74 Å². The van der Waals surface area contributed by atoms with Crippen molar-refractivity contribution in [3.8, 4) is 0 Å². The highest BCUT2D eigenvalue weighted by molar-refractivity contribution is 5.93. The van der Waals surface area contributed by atoms with Gasteiger partial charge in [0.05, 0.1) is 23.6 Å². The Labute approximate surface area is 145 Å². The Bertz CT molecular complexity index is 511. The summed E-state index contributed by atoms with van der Waals surface area (Å²) in [6, 6.07) is 7.84. The quantitative estimate of drug-likeness (QED) is 0.742. The van der Waals surface area contributed by atoms with Gasteiger partial charge in [0.1, 0.15) is 0 Å². The summed E-state index contributed by atoms with van der Waals surface area (Å²) in [5.41, 5.74) is 1.91. The molecule has 1 aliphatic heterocycles. The monoisotopic (exact) mass is 333 g/mol. The highest BCUT2D eigenvalue weighted by atomic mass is 16.5. The van der Waals surface area contributed by atoms with E-state index >= 15 is 0 Å². The van der Waals surface area contributed by atoms with Crippen LogP contribution in [0.2, 0.25) is 0 Å². The molecule has 2 unspecified atom stereocenters. The molecule has 2 rings (SSSR count). The zero-order valence-corrected chi connectivity index (χ0v) is 15.2. The van der Waals surface area contributed by atoms with E-state index in [0.717, 1.165) is 43.9 Å². The molecule has 24 heavy (non-hydrogen) atoms. The average Bonchev–Trinajstić information content (AvgIpc) is 2.54. The van der Waals surface area contributed by atoms with Gasteiger partial charge in [0.25, 0.3) is 0 Å². The van der Waals surface area contributed by atoms with Gasteiger partial charge in [-0.05, 0) is 32.4 Å². The van der Waals surface area contributed by atoms with Crippen molar-refractivity contribution in [2.75, 3.05) is 29.9 Å². The largest absolute Gasteiger partial charge is 0.372 e. The van der Waals surface area contributed by atoms with Crippen LogP contribution in [0.1, 0.15) is 46.5 Å². The Morgan fingerprint density at radius 1 is 1.17 bits per heavy atom. The minimum atomic E-state index is -0.131. The number of urea groups is 1. The first-order valence-electron chi connectivity index (χ1n) is 9.14. The van der Waals surface area contributed by atoms with Gasteiger partial charge in [0.2, 0.25) is 0 Å². The first-order valence-corrected chi connectivity index (χ1v) is 9.14. The van der Waals surface area contributed by atoms with Gasteiger partial charge in [0, 0.05) is 19.6 Å². The molecule has 1 heterocycles. The van der Waals surface area contributed by atoms with Crippen LogP contribution in [-0.4, -0.2) is 37.9 Å². The van der Waals surface area contributed by atoms with Crippen molar-refractivity contribution in [3.05, 3.63) is 24.3 Å². The van der Waals surface area contributed by atoms with Crippen LogP contribution in [-0.2, 0) is 4.74 Å². The molecule has 1 aliphatic rings. The van der Waals surface area contributed by atoms with Crippen molar-refractivity contribution in [3.63, 3.8) is 0 Å². The fourth-order valence-electron chi connectivity index (χ4n) is 3.15. The molecule has 2 atom stereocenters. The average molecular weight is 333 g/mol. The predicted molar refractivity (Wildman–Crippen MR) is 99.8 cm³/mol. The lowest BCUT2D eigenvalue weighted by Gasteiger charge is -2.37. The molecule has 0 aromatic heterocycles. The van der Waals surface area contributed by atoms with Gasteiger partial charge in [-0.1, -0.05) is 38.3 Å². The Morgan fingerprint density at radius 2 is 1.88 bits per heavy atom. The number of benzene rings is 1. The molecule has 2 amide bonds. The minimum Gasteiger partial charge on any atom is -0.372 e. The summed E-state index contributed by atoms with van der Waals surface area (Å²) >= 11 is 0. The van der Waals surface area contributed by atoms with Crippen LogP contribution in [0.3, 0.4) is 0 Å². The van der Waals surface area contributed by atoms with Gasteiger partial charge in [-0.3, -0.25) is 0 Å². The van der Waals surface area contributed by atoms with Gasteiger partial charge >= 0.3 is 6.03 Å². The normalized spacial score (nSPS) is 20.7. The lowest BCUT2D eigenvalue weighted by atomic mass is 10.1. The third-order valence-electron chi connectivity index (χ3n) is 4.23. The van der Waals surface area contributed by atoms with Crippen molar-refractivity contribution in [2.45, 2.75) is 58.7 Å². The molecule has 0 spiro atoms. The molecule has 1 aromatic carbocycles. The molecule has 1 saturated heterocycles. The first-order chi connectivity index (χ1) is 11.6. The second-order valence-corrected chi connectivity index (χ2v) is 6.62. The number of carbonyl (C=O) groups excluding carboxylic acids is 1. The number of rotatable bonds is 7.